The molecule has 0 amide bonds. The topological polar surface area (TPSA) is 82.0 Å². The minimum absolute atomic E-state index is 0.431. The van der Waals surface area contributed by atoms with Gasteiger partial charge < -0.3 is 14.7 Å². The molecule has 1 aromatic heterocycles. The number of hydrogen-bond acceptors (Lipinski definition) is 8. The van der Waals surface area contributed by atoms with E-state index in [1.54, 1.807) is 31.3 Å². The molecular formula is C24H33N5O3S. The third-order valence-electron chi connectivity index (χ3n) is 6.41. The van der Waals surface area contributed by atoms with E-state index in [1.807, 2.05) is 13.8 Å². The van der Waals surface area contributed by atoms with Crippen LogP contribution in [0.4, 0.5) is 11.5 Å². The van der Waals surface area contributed by atoms with E-state index >= 15 is 0 Å². The molecule has 1 aromatic carbocycles. The molecule has 178 valence electrons. The van der Waals surface area contributed by atoms with Crippen LogP contribution in [-0.4, -0.2) is 77.4 Å². The minimum Gasteiger partial charge on any atom is -0.481 e. The van der Waals surface area contributed by atoms with Crippen LogP contribution in [0, 0.1) is 5.41 Å². The van der Waals surface area contributed by atoms with Crippen LogP contribution in [0.1, 0.15) is 32.3 Å². The van der Waals surface area contributed by atoms with Gasteiger partial charge in [-0.15, -0.1) is 0 Å². The summed E-state index contributed by atoms with van der Waals surface area (Å²) >= 11 is 1.65. The van der Waals surface area contributed by atoms with Crippen molar-refractivity contribution >= 4 is 29.2 Å². The van der Waals surface area contributed by atoms with Crippen molar-refractivity contribution < 1.29 is 14.6 Å². The maximum Gasteiger partial charge on any atom is 0.309 e. The summed E-state index contributed by atoms with van der Waals surface area (Å²) in [7, 11) is 1.70. The maximum atomic E-state index is 11.3. The first-order chi connectivity index (χ1) is 15.9. The average molecular weight is 472 g/mol. The van der Waals surface area contributed by atoms with Crippen LogP contribution in [0.3, 0.4) is 0 Å². The number of benzene rings is 1. The lowest BCUT2D eigenvalue weighted by atomic mass is 9.88. The molecule has 1 N–H and O–H groups in total. The third kappa shape index (κ3) is 5.66. The van der Waals surface area contributed by atoms with Crippen LogP contribution in [0.25, 0.3) is 0 Å². The molecule has 0 spiro atoms. The molecule has 2 aromatic rings. The van der Waals surface area contributed by atoms with Gasteiger partial charge in [-0.2, -0.15) is 0 Å². The normalized spacial score (nSPS) is 17.0. The number of piperazine rings is 1. The predicted octanol–water partition coefficient (Wildman–Crippen LogP) is 3.69. The smallest absolute Gasteiger partial charge is 0.309 e. The van der Waals surface area contributed by atoms with Crippen molar-refractivity contribution in [2.75, 3.05) is 51.5 Å². The molecule has 0 bridgehead atoms. The van der Waals surface area contributed by atoms with Crippen LogP contribution in [-0.2, 0) is 16.1 Å². The summed E-state index contributed by atoms with van der Waals surface area (Å²) in [6.45, 7) is 10.0. The van der Waals surface area contributed by atoms with Crippen molar-refractivity contribution in [3.05, 3.63) is 36.2 Å². The number of hydrogen-bond donors (Lipinski definition) is 1. The highest BCUT2D eigenvalue weighted by atomic mass is 32.2. The zero-order chi connectivity index (χ0) is 23.4. The van der Waals surface area contributed by atoms with Crippen LogP contribution in [0.15, 0.2) is 40.5 Å². The summed E-state index contributed by atoms with van der Waals surface area (Å²) in [6, 6.07) is 6.63. The summed E-state index contributed by atoms with van der Waals surface area (Å²) in [5.41, 5.74) is 1.75. The zero-order valence-electron chi connectivity index (χ0n) is 19.7. The van der Waals surface area contributed by atoms with Crippen LogP contribution < -0.4 is 4.90 Å². The molecule has 2 aliphatic rings. The monoisotopic (exact) mass is 471 g/mol. The number of aromatic nitrogens is 2. The number of methoxy groups -OCH3 is 1. The highest BCUT2D eigenvalue weighted by molar-refractivity contribution is 7.99. The minimum atomic E-state index is -0.713. The van der Waals surface area contributed by atoms with E-state index in [0.717, 1.165) is 67.1 Å². The van der Waals surface area contributed by atoms with Crippen molar-refractivity contribution in [3.63, 3.8) is 0 Å². The first-order valence-electron chi connectivity index (χ1n) is 11.4. The molecular weight excluding hydrogens is 438 g/mol. The first kappa shape index (κ1) is 23.9. The maximum absolute atomic E-state index is 11.3. The molecule has 3 heterocycles. The van der Waals surface area contributed by atoms with E-state index in [1.165, 1.54) is 5.56 Å². The number of fused-ring (bicyclic) bond motifs is 2. The van der Waals surface area contributed by atoms with Gasteiger partial charge in [0.05, 0.1) is 11.1 Å². The van der Waals surface area contributed by atoms with Crippen molar-refractivity contribution in [1.82, 2.24) is 19.8 Å². The van der Waals surface area contributed by atoms with Crippen LogP contribution >= 0.6 is 11.8 Å². The molecule has 1 saturated heterocycles. The summed E-state index contributed by atoms with van der Waals surface area (Å²) in [4.78, 5) is 28.5. The van der Waals surface area contributed by atoms with Gasteiger partial charge in [-0.25, -0.2) is 9.97 Å². The molecule has 0 unspecified atom stereocenters. The van der Waals surface area contributed by atoms with E-state index < -0.39 is 11.4 Å². The summed E-state index contributed by atoms with van der Waals surface area (Å²) in [6.07, 6.45) is 5.07. The number of carboxylic acids is 1. The molecule has 0 atom stereocenters. The second-order valence-electron chi connectivity index (χ2n) is 9.35. The van der Waals surface area contributed by atoms with Crippen LogP contribution in [0.2, 0.25) is 0 Å². The van der Waals surface area contributed by atoms with Gasteiger partial charge in [-0.05, 0) is 50.9 Å². The van der Waals surface area contributed by atoms with Crippen molar-refractivity contribution in [2.45, 2.75) is 43.2 Å². The Hall–Kier alpha value is -2.20. The molecule has 2 aliphatic heterocycles. The van der Waals surface area contributed by atoms with E-state index in [-0.39, 0.29) is 0 Å². The number of rotatable bonds is 9. The molecule has 0 aliphatic carbocycles. The lowest BCUT2D eigenvalue weighted by molar-refractivity contribution is -0.147. The highest BCUT2D eigenvalue weighted by Crippen LogP contribution is 2.46. The quantitative estimate of drug-likeness (QED) is 0.589. The molecule has 33 heavy (non-hydrogen) atoms. The van der Waals surface area contributed by atoms with Crippen LogP contribution in [0.5, 0.6) is 0 Å². The zero-order valence-corrected chi connectivity index (χ0v) is 20.5. The summed E-state index contributed by atoms with van der Waals surface area (Å²) in [5.74, 6) is 0.129. The SMILES string of the molecule is COCN1c2cc(CN3CCN(CCCC(C)(C)C(=O)O)CC3)ccc2Sc2nccnc21. The number of carbonyl (C=O) groups is 1. The van der Waals surface area contributed by atoms with Crippen molar-refractivity contribution in [1.29, 1.82) is 0 Å². The molecule has 0 radical (unpaired) electrons. The Morgan fingerprint density at radius 1 is 1.15 bits per heavy atom. The van der Waals surface area contributed by atoms with Gasteiger partial charge in [0, 0.05) is 57.1 Å². The fourth-order valence-corrected chi connectivity index (χ4v) is 5.28. The lowest BCUT2D eigenvalue weighted by Gasteiger charge is -2.35. The Balaban J connectivity index is 1.33. The Bertz CT molecular complexity index is 978. The standard InChI is InChI=1S/C24H33N5O3S/c1-24(2,23(30)31)7-4-10-27-11-13-28(14-12-27)16-18-5-6-20-19(15-18)29(17-32-3)21-22(33-20)26-9-8-25-21/h5-6,8-9,15H,4,7,10-14,16-17H2,1-3H3,(H,30,31). The third-order valence-corrected chi connectivity index (χ3v) is 7.45. The second kappa shape index (κ2) is 10.4. The number of aliphatic carboxylic acids is 1. The lowest BCUT2D eigenvalue weighted by Crippen LogP contribution is -2.46. The average Bonchev–Trinajstić information content (AvgIpc) is 2.80. The van der Waals surface area contributed by atoms with E-state index in [2.05, 4.69) is 42.9 Å². The highest BCUT2D eigenvalue weighted by Gasteiger charge is 2.28. The Morgan fingerprint density at radius 2 is 1.88 bits per heavy atom. The van der Waals surface area contributed by atoms with Crippen molar-refractivity contribution in [3.8, 4) is 0 Å². The second-order valence-corrected chi connectivity index (χ2v) is 10.4. The molecule has 0 saturated carbocycles. The van der Waals surface area contributed by atoms with Gasteiger partial charge in [0.25, 0.3) is 0 Å². The van der Waals surface area contributed by atoms with E-state index in [9.17, 15) is 9.90 Å². The van der Waals surface area contributed by atoms with Gasteiger partial charge in [0.15, 0.2) is 5.82 Å². The molecule has 9 heteroatoms. The molecule has 1 fully saturated rings. The van der Waals surface area contributed by atoms with Gasteiger partial charge in [0.1, 0.15) is 11.8 Å². The predicted molar refractivity (Wildman–Crippen MR) is 129 cm³/mol. The van der Waals surface area contributed by atoms with E-state index in [0.29, 0.717) is 13.2 Å². The summed E-state index contributed by atoms with van der Waals surface area (Å²) in [5, 5.41) is 10.2. The fraction of sp³-hybridized carbons (Fsp3) is 0.542. The van der Waals surface area contributed by atoms with Gasteiger partial charge >= 0.3 is 5.97 Å². The number of nitrogens with zero attached hydrogens (tertiary/aromatic N) is 5. The molecule has 4 rings (SSSR count). The summed E-state index contributed by atoms with van der Waals surface area (Å²) < 4.78 is 5.46. The van der Waals surface area contributed by atoms with E-state index in [4.69, 9.17) is 4.74 Å². The Kier molecular flexibility index (Phi) is 7.53. The Labute approximate surface area is 199 Å². The molecule has 8 nitrogen and oxygen atoms in total. The van der Waals surface area contributed by atoms with Gasteiger partial charge in [-0.1, -0.05) is 17.8 Å². The first-order valence-corrected chi connectivity index (χ1v) is 12.3. The number of ether oxygens (including phenoxy) is 1. The Morgan fingerprint density at radius 3 is 2.61 bits per heavy atom. The number of carboxylic acid groups (broad SMARTS) is 1. The number of anilines is 2. The van der Waals surface area contributed by atoms with Crippen molar-refractivity contribution in [2.24, 2.45) is 5.41 Å². The van der Waals surface area contributed by atoms with Gasteiger partial charge in [0.2, 0.25) is 0 Å². The largest absolute Gasteiger partial charge is 0.481 e. The fourth-order valence-electron chi connectivity index (χ4n) is 4.29. The van der Waals surface area contributed by atoms with Gasteiger partial charge in [-0.3, -0.25) is 14.6 Å².